The Kier molecular flexibility index (Phi) is 9.26. The fraction of sp³-hybridized carbons (Fsp3) is 0.800. The van der Waals surface area contributed by atoms with Crippen molar-refractivity contribution in [1.29, 1.82) is 0 Å². The van der Waals surface area contributed by atoms with Crippen LogP contribution in [0.4, 0.5) is 13.2 Å². The van der Waals surface area contributed by atoms with E-state index in [-0.39, 0.29) is 48.4 Å². The monoisotopic (exact) mass is 432 g/mol. The number of nitrogens with zero attached hydrogens (tertiary/aromatic N) is 4. The van der Waals surface area contributed by atoms with Crippen molar-refractivity contribution in [2.75, 3.05) is 39.3 Å². The van der Waals surface area contributed by atoms with Gasteiger partial charge in [-0.1, -0.05) is 5.21 Å². The van der Waals surface area contributed by atoms with Crippen molar-refractivity contribution in [1.82, 2.24) is 30.5 Å². The third-order valence-corrected chi connectivity index (χ3v) is 4.75. The molecule has 3 heterocycles. The highest BCUT2D eigenvalue weighted by Gasteiger charge is 2.34. The summed E-state index contributed by atoms with van der Waals surface area (Å²) in [5.41, 5.74) is 0.253. The standard InChI is InChI=1S/C15H23F3N6O.2ClH/c16-15(17,18)10-23-6-3-11(8-23)7-20-14(25)13-9-24(22-21-13)12-1-4-19-5-2-12;;/h9,11-12,19H,1-8,10H2,(H,20,25);2*1H. The van der Waals surface area contributed by atoms with Crippen LogP contribution in [0.5, 0.6) is 0 Å². The molecule has 2 aliphatic rings. The van der Waals surface area contributed by atoms with E-state index in [1.807, 2.05) is 0 Å². The molecule has 2 aliphatic heterocycles. The zero-order valence-electron chi connectivity index (χ0n) is 14.7. The van der Waals surface area contributed by atoms with Crippen molar-refractivity contribution in [3.8, 4) is 0 Å². The summed E-state index contributed by atoms with van der Waals surface area (Å²) in [6.07, 6.45) is 0.0163. The Morgan fingerprint density at radius 1 is 1.26 bits per heavy atom. The van der Waals surface area contributed by atoms with Crippen molar-refractivity contribution < 1.29 is 18.0 Å². The number of rotatable bonds is 5. The molecule has 1 aromatic rings. The Morgan fingerprint density at radius 2 is 1.96 bits per heavy atom. The Balaban J connectivity index is 0.00000182. The van der Waals surface area contributed by atoms with Crippen LogP contribution in [0, 0.1) is 5.92 Å². The van der Waals surface area contributed by atoms with Crippen molar-refractivity contribution >= 4 is 30.7 Å². The normalized spacial score (nSPS) is 21.4. The number of nitrogens with one attached hydrogen (secondary N) is 2. The lowest BCUT2D eigenvalue weighted by Gasteiger charge is -2.22. The van der Waals surface area contributed by atoms with Crippen LogP contribution in [0.2, 0.25) is 0 Å². The number of carbonyl (C=O) groups excluding carboxylic acids is 1. The minimum absolute atomic E-state index is 0. The smallest absolute Gasteiger partial charge is 0.350 e. The van der Waals surface area contributed by atoms with Gasteiger partial charge in [-0.05, 0) is 44.8 Å². The van der Waals surface area contributed by atoms with Gasteiger partial charge in [-0.2, -0.15) is 13.2 Å². The number of piperidine rings is 1. The van der Waals surface area contributed by atoms with Crippen LogP contribution in [0.15, 0.2) is 6.20 Å². The molecule has 12 heteroatoms. The van der Waals surface area contributed by atoms with E-state index in [4.69, 9.17) is 0 Å². The Labute approximate surface area is 168 Å². The molecule has 1 amide bonds. The highest BCUT2D eigenvalue weighted by atomic mass is 35.5. The molecular formula is C15H25Cl2F3N6O. The van der Waals surface area contributed by atoms with E-state index in [1.54, 1.807) is 10.9 Å². The molecule has 2 N–H and O–H groups in total. The topological polar surface area (TPSA) is 75.1 Å². The maximum absolute atomic E-state index is 12.4. The van der Waals surface area contributed by atoms with Gasteiger partial charge in [-0.3, -0.25) is 9.69 Å². The number of alkyl halides is 3. The molecule has 1 unspecified atom stereocenters. The maximum Gasteiger partial charge on any atom is 0.401 e. The van der Waals surface area contributed by atoms with Crippen LogP contribution in [-0.2, 0) is 0 Å². The summed E-state index contributed by atoms with van der Waals surface area (Å²) >= 11 is 0. The van der Waals surface area contributed by atoms with Crippen molar-refractivity contribution in [2.45, 2.75) is 31.5 Å². The van der Waals surface area contributed by atoms with E-state index in [0.29, 0.717) is 26.1 Å². The molecule has 1 atom stereocenters. The molecule has 2 saturated heterocycles. The van der Waals surface area contributed by atoms with Gasteiger partial charge in [0.25, 0.3) is 5.91 Å². The molecule has 7 nitrogen and oxygen atoms in total. The summed E-state index contributed by atoms with van der Waals surface area (Å²) in [6, 6.07) is 0.251. The van der Waals surface area contributed by atoms with Gasteiger partial charge in [-0.15, -0.1) is 29.9 Å². The first-order valence-electron chi connectivity index (χ1n) is 8.60. The molecule has 27 heavy (non-hydrogen) atoms. The van der Waals surface area contributed by atoms with Gasteiger partial charge < -0.3 is 10.6 Å². The predicted octanol–water partition coefficient (Wildman–Crippen LogP) is 1.66. The zero-order chi connectivity index (χ0) is 17.9. The highest BCUT2D eigenvalue weighted by molar-refractivity contribution is 5.91. The Morgan fingerprint density at radius 3 is 2.63 bits per heavy atom. The fourth-order valence-corrected chi connectivity index (χ4v) is 3.43. The number of amides is 1. The summed E-state index contributed by atoms with van der Waals surface area (Å²) in [5, 5.41) is 14.0. The molecule has 0 aliphatic carbocycles. The summed E-state index contributed by atoms with van der Waals surface area (Å²) in [7, 11) is 0. The summed E-state index contributed by atoms with van der Waals surface area (Å²) in [4.78, 5) is 13.6. The predicted molar refractivity (Wildman–Crippen MR) is 98.6 cm³/mol. The molecule has 156 valence electrons. The molecule has 0 spiro atoms. The van der Waals surface area contributed by atoms with E-state index >= 15 is 0 Å². The van der Waals surface area contributed by atoms with Crippen LogP contribution >= 0.6 is 24.8 Å². The maximum atomic E-state index is 12.4. The quantitative estimate of drug-likeness (QED) is 0.739. The van der Waals surface area contributed by atoms with Gasteiger partial charge >= 0.3 is 6.18 Å². The number of likely N-dealkylation sites (tertiary alicyclic amines) is 1. The van der Waals surface area contributed by atoms with E-state index in [1.165, 1.54) is 4.90 Å². The summed E-state index contributed by atoms with van der Waals surface area (Å²) in [5.74, 6) is -0.291. The average molecular weight is 433 g/mol. The molecule has 0 saturated carbocycles. The Hall–Kier alpha value is -1.10. The van der Waals surface area contributed by atoms with Crippen molar-refractivity contribution in [2.24, 2.45) is 5.92 Å². The third-order valence-electron chi connectivity index (χ3n) is 4.75. The molecule has 0 bridgehead atoms. The second-order valence-electron chi connectivity index (χ2n) is 6.78. The Bertz CT molecular complexity index is 594. The number of aromatic nitrogens is 3. The summed E-state index contributed by atoms with van der Waals surface area (Å²) < 4.78 is 38.9. The number of hydrogen-bond acceptors (Lipinski definition) is 5. The molecule has 0 aromatic carbocycles. The lowest BCUT2D eigenvalue weighted by atomic mass is 10.1. The second kappa shape index (κ2) is 10.4. The zero-order valence-corrected chi connectivity index (χ0v) is 16.4. The highest BCUT2D eigenvalue weighted by Crippen LogP contribution is 2.22. The molecule has 2 fully saturated rings. The number of hydrogen-bond donors (Lipinski definition) is 2. The fourth-order valence-electron chi connectivity index (χ4n) is 3.43. The first-order chi connectivity index (χ1) is 11.9. The van der Waals surface area contributed by atoms with Gasteiger partial charge in [0.15, 0.2) is 5.69 Å². The van der Waals surface area contributed by atoms with Crippen LogP contribution in [0.1, 0.15) is 35.8 Å². The molecule has 1 aromatic heterocycles. The SMILES string of the molecule is Cl.Cl.O=C(NCC1CCN(CC(F)(F)F)C1)c1cn(C2CCNCC2)nn1. The second-order valence-corrected chi connectivity index (χ2v) is 6.78. The first kappa shape index (κ1) is 23.9. The van der Waals surface area contributed by atoms with Crippen LogP contribution in [0.25, 0.3) is 0 Å². The van der Waals surface area contributed by atoms with E-state index in [2.05, 4.69) is 20.9 Å². The van der Waals surface area contributed by atoms with Gasteiger partial charge in [0, 0.05) is 13.1 Å². The number of halogens is 5. The largest absolute Gasteiger partial charge is 0.401 e. The van der Waals surface area contributed by atoms with Crippen molar-refractivity contribution in [3.05, 3.63) is 11.9 Å². The molecule has 0 radical (unpaired) electrons. The van der Waals surface area contributed by atoms with E-state index in [0.717, 1.165) is 25.9 Å². The molecular weight excluding hydrogens is 408 g/mol. The minimum atomic E-state index is -4.18. The van der Waals surface area contributed by atoms with Crippen LogP contribution in [-0.4, -0.2) is 71.2 Å². The van der Waals surface area contributed by atoms with Crippen LogP contribution < -0.4 is 10.6 Å². The van der Waals surface area contributed by atoms with E-state index in [9.17, 15) is 18.0 Å². The van der Waals surface area contributed by atoms with Gasteiger partial charge in [0.1, 0.15) is 0 Å². The lowest BCUT2D eigenvalue weighted by Crippen LogP contribution is -2.34. The molecule has 3 rings (SSSR count). The third kappa shape index (κ3) is 7.10. The minimum Gasteiger partial charge on any atom is -0.350 e. The van der Waals surface area contributed by atoms with Gasteiger partial charge in [0.05, 0.1) is 18.8 Å². The van der Waals surface area contributed by atoms with Gasteiger partial charge in [-0.25, -0.2) is 4.68 Å². The van der Waals surface area contributed by atoms with Gasteiger partial charge in [0.2, 0.25) is 0 Å². The van der Waals surface area contributed by atoms with Crippen molar-refractivity contribution in [3.63, 3.8) is 0 Å². The average Bonchev–Trinajstić information content (AvgIpc) is 3.21. The number of carbonyl (C=O) groups is 1. The summed E-state index contributed by atoms with van der Waals surface area (Å²) in [6.45, 7) is 2.06. The first-order valence-corrected chi connectivity index (χ1v) is 8.60. The van der Waals surface area contributed by atoms with Crippen LogP contribution in [0.3, 0.4) is 0 Å². The van der Waals surface area contributed by atoms with E-state index < -0.39 is 12.7 Å². The lowest BCUT2D eigenvalue weighted by molar-refractivity contribution is -0.143.